The first-order valence-electron chi connectivity index (χ1n) is 9.35. The van der Waals surface area contributed by atoms with Crippen LogP contribution in [0.25, 0.3) is 5.57 Å². The van der Waals surface area contributed by atoms with Crippen molar-refractivity contribution in [3.63, 3.8) is 0 Å². The molecule has 5 rings (SSSR count). The number of amides is 2. The number of para-hydroxylation sites is 1. The van der Waals surface area contributed by atoms with Crippen LogP contribution >= 0.6 is 11.3 Å². The second-order valence-corrected chi connectivity index (χ2v) is 7.82. The third-order valence-electron chi connectivity index (χ3n) is 5.31. The normalized spacial score (nSPS) is 16.0. The Morgan fingerprint density at radius 2 is 1.72 bits per heavy atom. The fourth-order valence-corrected chi connectivity index (χ4v) is 4.71. The van der Waals surface area contributed by atoms with Gasteiger partial charge >= 0.3 is 0 Å². The van der Waals surface area contributed by atoms with E-state index in [1.807, 2.05) is 40.6 Å². The molecule has 3 aromatic rings. The van der Waals surface area contributed by atoms with E-state index in [0.29, 0.717) is 29.3 Å². The van der Waals surface area contributed by atoms with Crippen molar-refractivity contribution in [2.45, 2.75) is 6.42 Å². The highest BCUT2D eigenvalue weighted by molar-refractivity contribution is 7.11. The minimum atomic E-state index is -0.291. The average Bonchev–Trinajstić information content (AvgIpc) is 3.46. The standard InChI is InChI=1S/C23H18N2O3S/c1-28-17-10-8-16(9-11-17)25-22(26)20(19-7-4-14-29-19)21(23(25)27)24-13-12-15-5-2-3-6-18(15)24/h2-11,14H,12-13H2,1H3. The van der Waals surface area contributed by atoms with Gasteiger partial charge in [0.2, 0.25) is 0 Å². The summed E-state index contributed by atoms with van der Waals surface area (Å²) in [5.41, 5.74) is 3.65. The molecule has 29 heavy (non-hydrogen) atoms. The molecule has 0 N–H and O–H groups in total. The van der Waals surface area contributed by atoms with E-state index in [1.54, 1.807) is 31.4 Å². The molecule has 144 valence electrons. The van der Waals surface area contributed by atoms with E-state index in [-0.39, 0.29) is 11.8 Å². The molecular weight excluding hydrogens is 384 g/mol. The zero-order chi connectivity index (χ0) is 20.0. The molecule has 0 bridgehead atoms. The highest BCUT2D eigenvalue weighted by Crippen LogP contribution is 2.41. The summed E-state index contributed by atoms with van der Waals surface area (Å²) in [7, 11) is 1.58. The third-order valence-corrected chi connectivity index (χ3v) is 6.20. The molecule has 2 aromatic carbocycles. The third kappa shape index (κ3) is 2.76. The van der Waals surface area contributed by atoms with Crippen molar-refractivity contribution < 1.29 is 14.3 Å². The smallest absolute Gasteiger partial charge is 0.282 e. The van der Waals surface area contributed by atoms with Gasteiger partial charge < -0.3 is 9.64 Å². The lowest BCUT2D eigenvalue weighted by Crippen LogP contribution is -2.34. The van der Waals surface area contributed by atoms with Crippen LogP contribution in [0.3, 0.4) is 0 Å². The quantitative estimate of drug-likeness (QED) is 0.617. The van der Waals surface area contributed by atoms with E-state index in [2.05, 4.69) is 6.07 Å². The molecule has 6 heteroatoms. The molecular formula is C23H18N2O3S. The number of rotatable bonds is 4. The van der Waals surface area contributed by atoms with Gasteiger partial charge in [-0.3, -0.25) is 9.59 Å². The number of ether oxygens (including phenoxy) is 1. The van der Waals surface area contributed by atoms with Crippen LogP contribution in [-0.2, 0) is 16.0 Å². The number of benzene rings is 2. The molecule has 2 amide bonds. The fraction of sp³-hybridized carbons (Fsp3) is 0.130. The van der Waals surface area contributed by atoms with Gasteiger partial charge in [0.25, 0.3) is 11.8 Å². The highest BCUT2D eigenvalue weighted by Gasteiger charge is 2.44. The van der Waals surface area contributed by atoms with Gasteiger partial charge in [0.05, 0.1) is 18.4 Å². The Balaban J connectivity index is 1.64. The Kier molecular flexibility index (Phi) is 4.21. The molecule has 1 aromatic heterocycles. The molecule has 0 fully saturated rings. The number of fused-ring (bicyclic) bond motifs is 1. The van der Waals surface area contributed by atoms with Crippen LogP contribution in [0, 0.1) is 0 Å². The van der Waals surface area contributed by atoms with Crippen molar-refractivity contribution in [2.75, 3.05) is 23.5 Å². The number of hydrogen-bond acceptors (Lipinski definition) is 5. The summed E-state index contributed by atoms with van der Waals surface area (Å²) in [4.78, 5) is 31.1. The van der Waals surface area contributed by atoms with E-state index in [9.17, 15) is 9.59 Å². The maximum Gasteiger partial charge on any atom is 0.282 e. The lowest BCUT2D eigenvalue weighted by molar-refractivity contribution is -0.120. The van der Waals surface area contributed by atoms with Gasteiger partial charge in [0.15, 0.2) is 0 Å². The zero-order valence-corrected chi connectivity index (χ0v) is 16.6. The second-order valence-electron chi connectivity index (χ2n) is 6.87. The van der Waals surface area contributed by atoms with Crippen molar-refractivity contribution >= 4 is 40.1 Å². The first-order chi connectivity index (χ1) is 14.2. The van der Waals surface area contributed by atoms with Crippen molar-refractivity contribution in [2.24, 2.45) is 0 Å². The summed E-state index contributed by atoms with van der Waals surface area (Å²) in [6, 6.07) is 18.8. The number of anilines is 2. The molecule has 3 heterocycles. The summed E-state index contributed by atoms with van der Waals surface area (Å²) >= 11 is 1.47. The van der Waals surface area contributed by atoms with Crippen LogP contribution in [0.1, 0.15) is 10.4 Å². The molecule has 0 saturated carbocycles. The van der Waals surface area contributed by atoms with Gasteiger partial charge in [0, 0.05) is 17.1 Å². The van der Waals surface area contributed by atoms with Crippen molar-refractivity contribution in [1.82, 2.24) is 0 Å². The van der Waals surface area contributed by atoms with Crippen LogP contribution in [0.5, 0.6) is 5.75 Å². The Morgan fingerprint density at radius 3 is 2.45 bits per heavy atom. The van der Waals surface area contributed by atoms with Gasteiger partial charge in [-0.25, -0.2) is 4.90 Å². The van der Waals surface area contributed by atoms with Crippen molar-refractivity contribution in [1.29, 1.82) is 0 Å². The first kappa shape index (κ1) is 17.7. The monoisotopic (exact) mass is 402 g/mol. The van der Waals surface area contributed by atoms with E-state index in [1.165, 1.54) is 21.8 Å². The topological polar surface area (TPSA) is 49.9 Å². The van der Waals surface area contributed by atoms with Crippen LogP contribution in [-0.4, -0.2) is 25.5 Å². The summed E-state index contributed by atoms with van der Waals surface area (Å²) in [5, 5.41) is 1.92. The van der Waals surface area contributed by atoms with E-state index in [4.69, 9.17) is 4.74 Å². The van der Waals surface area contributed by atoms with Gasteiger partial charge in [-0.05, 0) is 53.8 Å². The van der Waals surface area contributed by atoms with Crippen LogP contribution in [0.2, 0.25) is 0 Å². The number of nitrogens with zero attached hydrogens (tertiary/aromatic N) is 2. The molecule has 0 aliphatic carbocycles. The van der Waals surface area contributed by atoms with Crippen LogP contribution < -0.4 is 14.5 Å². The van der Waals surface area contributed by atoms with Crippen LogP contribution in [0.15, 0.2) is 71.7 Å². The number of hydrogen-bond donors (Lipinski definition) is 0. The Hall–Kier alpha value is -3.38. The Morgan fingerprint density at radius 1 is 0.931 bits per heavy atom. The number of carbonyl (C=O) groups is 2. The number of thiophene rings is 1. The molecule has 5 nitrogen and oxygen atoms in total. The lowest BCUT2D eigenvalue weighted by Gasteiger charge is -2.21. The average molecular weight is 402 g/mol. The molecule has 0 saturated heterocycles. The maximum absolute atomic E-state index is 13.6. The molecule has 0 spiro atoms. The SMILES string of the molecule is COc1ccc(N2C(=O)C(c3cccs3)=C(N3CCc4ccccc43)C2=O)cc1. The summed E-state index contributed by atoms with van der Waals surface area (Å²) in [6.45, 7) is 0.680. The number of imide groups is 1. The van der Waals surface area contributed by atoms with Crippen molar-refractivity contribution in [3.8, 4) is 5.75 Å². The fourth-order valence-electron chi connectivity index (χ4n) is 3.95. The largest absolute Gasteiger partial charge is 0.497 e. The minimum absolute atomic E-state index is 0.290. The molecule has 0 atom stereocenters. The molecule has 0 radical (unpaired) electrons. The Labute approximate surface area is 172 Å². The van der Waals surface area contributed by atoms with Crippen molar-refractivity contribution in [3.05, 3.63) is 82.2 Å². The molecule has 0 unspecified atom stereocenters. The van der Waals surface area contributed by atoms with Gasteiger partial charge in [0.1, 0.15) is 11.4 Å². The van der Waals surface area contributed by atoms with E-state index >= 15 is 0 Å². The second kappa shape index (κ2) is 6.90. The molecule has 2 aliphatic heterocycles. The number of carbonyl (C=O) groups excluding carboxylic acids is 2. The van der Waals surface area contributed by atoms with Gasteiger partial charge in [-0.1, -0.05) is 24.3 Å². The summed E-state index contributed by atoms with van der Waals surface area (Å²) < 4.78 is 5.20. The van der Waals surface area contributed by atoms with Gasteiger partial charge in [-0.15, -0.1) is 11.3 Å². The number of methoxy groups -OCH3 is 1. The summed E-state index contributed by atoms with van der Waals surface area (Å²) in [6.07, 6.45) is 0.849. The lowest BCUT2D eigenvalue weighted by atomic mass is 10.1. The predicted octanol–water partition coefficient (Wildman–Crippen LogP) is 4.10. The van der Waals surface area contributed by atoms with Gasteiger partial charge in [-0.2, -0.15) is 0 Å². The van der Waals surface area contributed by atoms with Crippen LogP contribution in [0.4, 0.5) is 11.4 Å². The zero-order valence-electron chi connectivity index (χ0n) is 15.8. The minimum Gasteiger partial charge on any atom is -0.497 e. The predicted molar refractivity (Wildman–Crippen MR) is 114 cm³/mol. The summed E-state index contributed by atoms with van der Waals surface area (Å²) in [5.74, 6) is 0.0928. The first-order valence-corrected chi connectivity index (χ1v) is 10.2. The van der Waals surface area contributed by atoms with E-state index in [0.717, 1.165) is 17.0 Å². The Bertz CT molecular complexity index is 1130. The maximum atomic E-state index is 13.6. The van der Waals surface area contributed by atoms with E-state index < -0.39 is 0 Å². The molecule has 2 aliphatic rings. The highest BCUT2D eigenvalue weighted by atomic mass is 32.1.